The van der Waals surface area contributed by atoms with E-state index in [1.165, 1.54) is 25.7 Å². The normalized spacial score (nSPS) is 12.1. The van der Waals surface area contributed by atoms with Gasteiger partial charge in [0.15, 0.2) is 6.29 Å². The first kappa shape index (κ1) is 18.0. The SMILES string of the molecule is CCCCC(C=S)(CCCC)C(OCC)OCC. The number of thiocarbonyl (C=S) groups is 1. The Bertz CT molecular complexity index is 193. The molecule has 0 N–H and O–H groups in total. The van der Waals surface area contributed by atoms with Gasteiger partial charge in [-0.3, -0.25) is 0 Å². The number of unbranched alkanes of at least 4 members (excludes halogenated alkanes) is 2. The van der Waals surface area contributed by atoms with Gasteiger partial charge in [0.1, 0.15) is 0 Å². The average Bonchev–Trinajstić information content (AvgIpc) is 2.40. The maximum Gasteiger partial charge on any atom is 0.167 e. The summed E-state index contributed by atoms with van der Waals surface area (Å²) >= 11 is 5.33. The molecule has 0 unspecified atom stereocenters. The fraction of sp³-hybridized carbons (Fsp3) is 0.933. The minimum atomic E-state index is -0.178. The van der Waals surface area contributed by atoms with Gasteiger partial charge in [0, 0.05) is 18.6 Å². The molecule has 0 bridgehead atoms. The van der Waals surface area contributed by atoms with Gasteiger partial charge in [-0.05, 0) is 32.1 Å². The molecule has 18 heavy (non-hydrogen) atoms. The average molecular weight is 274 g/mol. The molecule has 0 saturated heterocycles. The Morgan fingerprint density at radius 1 is 0.944 bits per heavy atom. The van der Waals surface area contributed by atoms with Crippen molar-refractivity contribution in [2.24, 2.45) is 5.41 Å². The van der Waals surface area contributed by atoms with Crippen molar-refractivity contribution >= 4 is 17.6 Å². The molecule has 0 atom stereocenters. The summed E-state index contributed by atoms with van der Waals surface area (Å²) in [5, 5.41) is 1.91. The Balaban J connectivity index is 4.87. The second kappa shape index (κ2) is 10.9. The summed E-state index contributed by atoms with van der Waals surface area (Å²) in [5.41, 5.74) is -0.0899. The van der Waals surface area contributed by atoms with Crippen LogP contribution in [0.25, 0.3) is 0 Å². The second-order valence-corrected chi connectivity index (χ2v) is 5.04. The van der Waals surface area contributed by atoms with Crippen LogP contribution in [0, 0.1) is 5.41 Å². The van der Waals surface area contributed by atoms with Gasteiger partial charge in [-0.25, -0.2) is 0 Å². The summed E-state index contributed by atoms with van der Waals surface area (Å²) in [6.07, 6.45) is 6.67. The highest BCUT2D eigenvalue weighted by Crippen LogP contribution is 2.35. The molecular formula is C15H30O2S. The van der Waals surface area contributed by atoms with Crippen molar-refractivity contribution in [2.75, 3.05) is 13.2 Å². The largest absolute Gasteiger partial charge is 0.352 e. The highest BCUT2D eigenvalue weighted by atomic mass is 32.1. The van der Waals surface area contributed by atoms with Crippen LogP contribution in [-0.2, 0) is 9.47 Å². The highest BCUT2D eigenvalue weighted by molar-refractivity contribution is 7.79. The third kappa shape index (κ3) is 5.77. The highest BCUT2D eigenvalue weighted by Gasteiger charge is 2.37. The first-order valence-electron chi connectivity index (χ1n) is 7.40. The molecule has 0 spiro atoms. The van der Waals surface area contributed by atoms with Gasteiger partial charge >= 0.3 is 0 Å². The predicted octanol–water partition coefficient (Wildman–Crippen LogP) is 4.75. The van der Waals surface area contributed by atoms with Gasteiger partial charge in [-0.1, -0.05) is 51.7 Å². The van der Waals surface area contributed by atoms with Crippen molar-refractivity contribution in [1.29, 1.82) is 0 Å². The van der Waals surface area contributed by atoms with Crippen molar-refractivity contribution in [2.45, 2.75) is 72.5 Å². The molecule has 3 heteroatoms. The molecule has 0 aromatic rings. The lowest BCUT2D eigenvalue weighted by Gasteiger charge is -2.37. The quantitative estimate of drug-likeness (QED) is 0.378. The minimum absolute atomic E-state index is 0.0899. The molecule has 0 saturated carbocycles. The van der Waals surface area contributed by atoms with Gasteiger partial charge < -0.3 is 9.47 Å². The fourth-order valence-corrected chi connectivity index (χ4v) is 2.58. The van der Waals surface area contributed by atoms with Crippen molar-refractivity contribution < 1.29 is 9.47 Å². The van der Waals surface area contributed by atoms with Crippen molar-refractivity contribution in [3.63, 3.8) is 0 Å². The van der Waals surface area contributed by atoms with Crippen molar-refractivity contribution in [3.05, 3.63) is 0 Å². The van der Waals surface area contributed by atoms with E-state index in [-0.39, 0.29) is 11.7 Å². The molecule has 108 valence electrons. The lowest BCUT2D eigenvalue weighted by atomic mass is 9.79. The van der Waals surface area contributed by atoms with Crippen molar-refractivity contribution in [1.82, 2.24) is 0 Å². The number of hydrogen-bond acceptors (Lipinski definition) is 3. The summed E-state index contributed by atoms with van der Waals surface area (Å²) in [6, 6.07) is 0. The Kier molecular flexibility index (Phi) is 10.9. The van der Waals surface area contributed by atoms with E-state index < -0.39 is 0 Å². The van der Waals surface area contributed by atoms with E-state index in [1.807, 2.05) is 19.2 Å². The van der Waals surface area contributed by atoms with E-state index in [2.05, 4.69) is 13.8 Å². The lowest BCUT2D eigenvalue weighted by molar-refractivity contribution is -0.186. The second-order valence-electron chi connectivity index (χ2n) is 4.80. The lowest BCUT2D eigenvalue weighted by Crippen LogP contribution is -2.40. The molecular weight excluding hydrogens is 244 g/mol. The molecule has 0 rings (SSSR count). The van der Waals surface area contributed by atoms with Gasteiger partial charge in [-0.15, -0.1) is 0 Å². The van der Waals surface area contributed by atoms with Crippen LogP contribution in [0.4, 0.5) is 0 Å². The zero-order valence-corrected chi connectivity index (χ0v) is 13.4. The molecule has 0 amide bonds. The monoisotopic (exact) mass is 274 g/mol. The van der Waals surface area contributed by atoms with Gasteiger partial charge in [0.25, 0.3) is 0 Å². The molecule has 0 aromatic heterocycles. The summed E-state index contributed by atoms with van der Waals surface area (Å²) in [7, 11) is 0. The summed E-state index contributed by atoms with van der Waals surface area (Å²) in [5.74, 6) is 0. The van der Waals surface area contributed by atoms with Gasteiger partial charge in [-0.2, -0.15) is 0 Å². The molecule has 2 nitrogen and oxygen atoms in total. The van der Waals surface area contributed by atoms with Crippen LogP contribution in [0.1, 0.15) is 66.2 Å². The van der Waals surface area contributed by atoms with Crippen LogP contribution in [0.3, 0.4) is 0 Å². The zero-order chi connectivity index (χ0) is 13.9. The molecule has 0 aliphatic heterocycles. The Morgan fingerprint density at radius 3 is 1.67 bits per heavy atom. The number of rotatable bonds is 12. The van der Waals surface area contributed by atoms with E-state index in [0.29, 0.717) is 13.2 Å². The Labute approximate surface area is 118 Å². The van der Waals surface area contributed by atoms with Crippen LogP contribution >= 0.6 is 12.2 Å². The van der Waals surface area contributed by atoms with Crippen molar-refractivity contribution in [3.8, 4) is 0 Å². The van der Waals surface area contributed by atoms with Crippen LogP contribution in [0.15, 0.2) is 0 Å². The molecule has 0 aromatic carbocycles. The smallest absolute Gasteiger partial charge is 0.167 e. The van der Waals surface area contributed by atoms with Crippen LogP contribution in [0.2, 0.25) is 0 Å². The third-order valence-corrected chi connectivity index (χ3v) is 3.80. The summed E-state index contributed by atoms with van der Waals surface area (Å²) in [6.45, 7) is 9.80. The fourth-order valence-electron chi connectivity index (χ4n) is 2.23. The maximum absolute atomic E-state index is 5.81. The number of ether oxygens (including phenoxy) is 2. The van der Waals surface area contributed by atoms with Gasteiger partial charge in [0.05, 0.1) is 0 Å². The molecule has 0 radical (unpaired) electrons. The molecule has 0 aliphatic carbocycles. The Morgan fingerprint density at radius 2 is 1.39 bits per heavy atom. The maximum atomic E-state index is 5.81. The van der Waals surface area contributed by atoms with Gasteiger partial charge in [0.2, 0.25) is 0 Å². The van der Waals surface area contributed by atoms with E-state index in [9.17, 15) is 0 Å². The molecule has 0 heterocycles. The summed E-state index contributed by atoms with van der Waals surface area (Å²) < 4.78 is 11.6. The minimum Gasteiger partial charge on any atom is -0.352 e. The van der Waals surface area contributed by atoms with E-state index in [4.69, 9.17) is 21.7 Å². The molecule has 0 aliphatic rings. The first-order chi connectivity index (χ1) is 8.70. The third-order valence-electron chi connectivity index (χ3n) is 3.33. The predicted molar refractivity (Wildman–Crippen MR) is 82.2 cm³/mol. The summed E-state index contributed by atoms with van der Waals surface area (Å²) in [4.78, 5) is 0. The number of hydrogen-bond donors (Lipinski definition) is 0. The van der Waals surface area contributed by atoms with Crippen LogP contribution in [-0.4, -0.2) is 24.9 Å². The molecule has 0 fully saturated rings. The Hall–Kier alpha value is 0.0100. The first-order valence-corrected chi connectivity index (χ1v) is 7.87. The van der Waals surface area contributed by atoms with Crippen LogP contribution in [0.5, 0.6) is 0 Å². The standard InChI is InChI=1S/C15H30O2S/c1-5-9-11-15(13-18,12-10-6-2)14(16-7-3)17-8-4/h13-14H,5-12H2,1-4H3. The van der Waals surface area contributed by atoms with E-state index in [0.717, 1.165) is 12.8 Å². The van der Waals surface area contributed by atoms with E-state index in [1.54, 1.807) is 0 Å². The zero-order valence-electron chi connectivity index (χ0n) is 12.5. The van der Waals surface area contributed by atoms with Crippen LogP contribution < -0.4 is 0 Å². The topological polar surface area (TPSA) is 18.5 Å². The van der Waals surface area contributed by atoms with E-state index >= 15 is 0 Å².